The third kappa shape index (κ3) is 3.03. The number of hydrogen-bond acceptors (Lipinski definition) is 2. The van der Waals surface area contributed by atoms with Gasteiger partial charge in [-0.25, -0.2) is 4.99 Å². The molecule has 0 aliphatic carbocycles. The van der Waals surface area contributed by atoms with Crippen LogP contribution in [0.1, 0.15) is 6.92 Å². The second-order valence-corrected chi connectivity index (χ2v) is 1.03. The molecule has 0 unspecified atom stereocenters. The van der Waals surface area contributed by atoms with Gasteiger partial charge in [-0.05, 0) is 0 Å². The largest absolute Gasteiger partial charge is 0.484 e. The molecule has 0 rings (SSSR count). The van der Waals surface area contributed by atoms with Crippen molar-refractivity contribution < 1.29 is 4.74 Å². The molecule has 0 fully saturated rings. The Morgan fingerprint density at radius 3 is 2.57 bits per heavy atom. The third-order valence-electron chi connectivity index (χ3n) is 0.569. The molecule has 0 aromatic carbocycles. The summed E-state index contributed by atoms with van der Waals surface area (Å²) in [6.07, 6.45) is 1.44. The minimum atomic E-state index is 0.634. The van der Waals surface area contributed by atoms with E-state index < -0.39 is 0 Å². The first kappa shape index (κ1) is 6.21. The van der Waals surface area contributed by atoms with Crippen molar-refractivity contribution in [3.05, 3.63) is 12.8 Å². The molecule has 2 nitrogen and oxygen atoms in total. The van der Waals surface area contributed by atoms with Crippen molar-refractivity contribution in [1.29, 1.82) is 0 Å². The van der Waals surface area contributed by atoms with Gasteiger partial charge in [-0.2, -0.15) is 0 Å². The van der Waals surface area contributed by atoms with E-state index in [0.717, 1.165) is 0 Å². The zero-order chi connectivity index (χ0) is 5.70. The maximum Gasteiger partial charge on any atom is 0.184 e. The van der Waals surface area contributed by atoms with Gasteiger partial charge in [-0.15, -0.1) is 0 Å². The summed E-state index contributed by atoms with van der Waals surface area (Å²) in [7, 11) is 1.57. The van der Waals surface area contributed by atoms with Crippen molar-refractivity contribution in [1.82, 2.24) is 0 Å². The minimum absolute atomic E-state index is 0.634. The molecule has 40 valence electrons. The quantitative estimate of drug-likeness (QED) is 0.357. The lowest BCUT2D eigenvalue weighted by molar-refractivity contribution is 0.400. The highest BCUT2D eigenvalue weighted by molar-refractivity contribution is 5.73. The average Bonchev–Trinajstić information content (AvgIpc) is 1.68. The molecule has 0 aliphatic rings. The number of methoxy groups -OCH3 is 1. The third-order valence-corrected chi connectivity index (χ3v) is 0.569. The fourth-order valence-corrected chi connectivity index (χ4v) is 0.181. The fourth-order valence-electron chi connectivity index (χ4n) is 0.181. The van der Waals surface area contributed by atoms with Gasteiger partial charge in [0.25, 0.3) is 0 Å². The van der Waals surface area contributed by atoms with Crippen LogP contribution in [0.5, 0.6) is 0 Å². The van der Waals surface area contributed by atoms with E-state index in [1.165, 1.54) is 6.20 Å². The molecule has 0 saturated carbocycles. The Labute approximate surface area is 43.5 Å². The fraction of sp³-hybridized carbons (Fsp3) is 0.400. The number of hydrogen-bond donors (Lipinski definition) is 0. The monoisotopic (exact) mass is 99.1 g/mol. The molecule has 0 saturated heterocycles. The molecule has 0 N–H and O–H groups in total. The van der Waals surface area contributed by atoms with E-state index in [1.807, 2.05) is 0 Å². The zero-order valence-corrected chi connectivity index (χ0v) is 4.64. The van der Waals surface area contributed by atoms with Gasteiger partial charge in [0.1, 0.15) is 0 Å². The van der Waals surface area contributed by atoms with Crippen LogP contribution in [0.25, 0.3) is 0 Å². The van der Waals surface area contributed by atoms with Crippen molar-refractivity contribution >= 4 is 5.90 Å². The summed E-state index contributed by atoms with van der Waals surface area (Å²) in [5, 5.41) is 0. The van der Waals surface area contributed by atoms with Crippen LogP contribution in [0.3, 0.4) is 0 Å². The molecule has 0 atom stereocenters. The molecule has 0 heterocycles. The standard InChI is InChI=1S/C5H9NO/c1-4-6-5(2)7-3/h4H,1H2,2-3H3. The molecule has 0 aromatic rings. The molecule has 7 heavy (non-hydrogen) atoms. The van der Waals surface area contributed by atoms with E-state index in [-0.39, 0.29) is 0 Å². The van der Waals surface area contributed by atoms with E-state index in [1.54, 1.807) is 14.0 Å². The number of ether oxygens (including phenoxy) is 1. The highest BCUT2D eigenvalue weighted by atomic mass is 16.5. The van der Waals surface area contributed by atoms with E-state index >= 15 is 0 Å². The number of nitrogens with zero attached hydrogens (tertiary/aromatic N) is 1. The highest BCUT2D eigenvalue weighted by Crippen LogP contribution is 1.75. The summed E-state index contributed by atoms with van der Waals surface area (Å²) in [5.74, 6) is 0.634. The van der Waals surface area contributed by atoms with Gasteiger partial charge >= 0.3 is 0 Å². The van der Waals surface area contributed by atoms with Crippen LogP contribution in [-0.2, 0) is 4.74 Å². The smallest absolute Gasteiger partial charge is 0.184 e. The Kier molecular flexibility index (Phi) is 3.02. The maximum absolute atomic E-state index is 4.67. The topological polar surface area (TPSA) is 21.6 Å². The zero-order valence-electron chi connectivity index (χ0n) is 4.64. The van der Waals surface area contributed by atoms with Gasteiger partial charge in [0.2, 0.25) is 0 Å². The van der Waals surface area contributed by atoms with Gasteiger partial charge in [-0.1, -0.05) is 6.58 Å². The first-order chi connectivity index (χ1) is 3.31. The summed E-state index contributed by atoms with van der Waals surface area (Å²) in [6.45, 7) is 5.15. The number of aliphatic imine (C=N–C) groups is 1. The van der Waals surface area contributed by atoms with Gasteiger partial charge in [0.05, 0.1) is 7.11 Å². The van der Waals surface area contributed by atoms with Crippen LogP contribution in [0.4, 0.5) is 0 Å². The lowest BCUT2D eigenvalue weighted by Crippen LogP contribution is -1.90. The second kappa shape index (κ2) is 3.40. The maximum atomic E-state index is 4.67. The summed E-state index contributed by atoms with van der Waals surface area (Å²) >= 11 is 0. The normalized spacial score (nSPS) is 10.9. The lowest BCUT2D eigenvalue weighted by atomic mass is 10.8. The molecular weight excluding hydrogens is 90.1 g/mol. The average molecular weight is 99.1 g/mol. The first-order valence-electron chi connectivity index (χ1n) is 2.00. The van der Waals surface area contributed by atoms with Crippen molar-refractivity contribution in [3.8, 4) is 0 Å². The summed E-state index contributed by atoms with van der Waals surface area (Å²) in [4.78, 5) is 3.70. The molecule has 2 heteroatoms. The molecule has 0 radical (unpaired) electrons. The van der Waals surface area contributed by atoms with E-state index in [0.29, 0.717) is 5.90 Å². The second-order valence-electron chi connectivity index (χ2n) is 1.03. The van der Waals surface area contributed by atoms with Crippen molar-refractivity contribution in [2.24, 2.45) is 4.99 Å². The Hall–Kier alpha value is -0.790. The SMILES string of the molecule is C=CN=C(C)OC. The van der Waals surface area contributed by atoms with Crippen LogP contribution in [-0.4, -0.2) is 13.0 Å². The van der Waals surface area contributed by atoms with Crippen LogP contribution >= 0.6 is 0 Å². The molecular formula is C5H9NO. The Morgan fingerprint density at radius 2 is 2.43 bits per heavy atom. The van der Waals surface area contributed by atoms with Crippen molar-refractivity contribution in [2.75, 3.05) is 7.11 Å². The predicted molar refractivity (Wildman–Crippen MR) is 30.3 cm³/mol. The van der Waals surface area contributed by atoms with Crippen molar-refractivity contribution in [2.45, 2.75) is 6.92 Å². The van der Waals surface area contributed by atoms with Gasteiger partial charge in [-0.3, -0.25) is 0 Å². The molecule has 0 aromatic heterocycles. The van der Waals surface area contributed by atoms with E-state index in [2.05, 4.69) is 16.3 Å². The summed E-state index contributed by atoms with van der Waals surface area (Å²) < 4.78 is 4.67. The van der Waals surface area contributed by atoms with Crippen LogP contribution in [0, 0.1) is 0 Å². The minimum Gasteiger partial charge on any atom is -0.484 e. The van der Waals surface area contributed by atoms with Crippen LogP contribution in [0.15, 0.2) is 17.8 Å². The summed E-state index contributed by atoms with van der Waals surface area (Å²) in [5.41, 5.74) is 0. The van der Waals surface area contributed by atoms with Crippen LogP contribution in [0.2, 0.25) is 0 Å². The first-order valence-corrected chi connectivity index (χ1v) is 2.00. The van der Waals surface area contributed by atoms with E-state index in [9.17, 15) is 0 Å². The lowest BCUT2D eigenvalue weighted by Gasteiger charge is -1.90. The van der Waals surface area contributed by atoms with Gasteiger partial charge in [0, 0.05) is 13.1 Å². The van der Waals surface area contributed by atoms with Gasteiger partial charge in [0.15, 0.2) is 5.90 Å². The van der Waals surface area contributed by atoms with Crippen LogP contribution < -0.4 is 0 Å². The molecule has 0 bridgehead atoms. The molecule has 0 spiro atoms. The molecule has 0 amide bonds. The highest BCUT2D eigenvalue weighted by Gasteiger charge is 1.76. The van der Waals surface area contributed by atoms with Crippen molar-refractivity contribution in [3.63, 3.8) is 0 Å². The van der Waals surface area contributed by atoms with E-state index in [4.69, 9.17) is 0 Å². The summed E-state index contributed by atoms with van der Waals surface area (Å²) in [6, 6.07) is 0. The Bertz CT molecular complexity index is 86.1. The van der Waals surface area contributed by atoms with Gasteiger partial charge < -0.3 is 4.74 Å². The Balaban J connectivity index is 3.49. The predicted octanol–water partition coefficient (Wildman–Crippen LogP) is 1.19. The Morgan fingerprint density at radius 1 is 1.86 bits per heavy atom. The number of rotatable bonds is 1. The molecule has 0 aliphatic heterocycles.